The van der Waals surface area contributed by atoms with E-state index in [0.717, 1.165) is 16.7 Å². The fourth-order valence-electron chi connectivity index (χ4n) is 1.53. The summed E-state index contributed by atoms with van der Waals surface area (Å²) < 4.78 is 0. The van der Waals surface area contributed by atoms with Gasteiger partial charge in [-0.25, -0.2) is 0 Å². The van der Waals surface area contributed by atoms with E-state index >= 15 is 0 Å². The molecule has 0 heterocycles. The molecule has 0 saturated carbocycles. The standard InChI is InChI=1S/C13H15BN2O/c1-9-4-5-10(2)11(6-9)7-12(17)16-13(3,14)8-15/h4-6H,7H2,1-3H3,(H,16,17). The summed E-state index contributed by atoms with van der Waals surface area (Å²) in [5, 5.41) is 11.2. The average molecular weight is 226 g/mol. The summed E-state index contributed by atoms with van der Waals surface area (Å²) in [6.45, 7) is 5.39. The van der Waals surface area contributed by atoms with Gasteiger partial charge in [-0.05, 0) is 31.9 Å². The molecule has 17 heavy (non-hydrogen) atoms. The van der Waals surface area contributed by atoms with Crippen molar-refractivity contribution in [3.63, 3.8) is 0 Å². The maximum absolute atomic E-state index is 11.7. The zero-order valence-electron chi connectivity index (χ0n) is 10.4. The largest absolute Gasteiger partial charge is 0.346 e. The molecule has 1 N–H and O–H groups in total. The molecule has 0 aromatic heterocycles. The van der Waals surface area contributed by atoms with Gasteiger partial charge in [0.1, 0.15) is 7.85 Å². The highest BCUT2D eigenvalue weighted by Crippen LogP contribution is 2.11. The summed E-state index contributed by atoms with van der Waals surface area (Å²) in [5.74, 6) is -0.245. The van der Waals surface area contributed by atoms with Crippen LogP contribution in [-0.2, 0) is 11.2 Å². The Balaban J connectivity index is 2.76. The molecular formula is C13H15BN2O. The van der Waals surface area contributed by atoms with Gasteiger partial charge in [-0.15, -0.1) is 0 Å². The number of amides is 1. The van der Waals surface area contributed by atoms with Crippen LogP contribution in [0.15, 0.2) is 18.2 Å². The number of hydrogen-bond donors (Lipinski definition) is 1. The number of nitrogens with one attached hydrogen (secondary N) is 1. The van der Waals surface area contributed by atoms with Crippen molar-refractivity contribution in [3.8, 4) is 6.07 Å². The third-order valence-electron chi connectivity index (χ3n) is 2.49. The molecule has 2 radical (unpaired) electrons. The first-order valence-electron chi connectivity index (χ1n) is 5.41. The van der Waals surface area contributed by atoms with E-state index in [9.17, 15) is 4.79 Å². The van der Waals surface area contributed by atoms with E-state index in [1.807, 2.05) is 38.1 Å². The Kier molecular flexibility index (Phi) is 3.95. The molecule has 0 aliphatic carbocycles. The third-order valence-corrected chi connectivity index (χ3v) is 2.49. The lowest BCUT2D eigenvalue weighted by molar-refractivity contribution is -0.121. The van der Waals surface area contributed by atoms with E-state index in [2.05, 4.69) is 5.32 Å². The van der Waals surface area contributed by atoms with Crippen molar-refractivity contribution in [2.75, 3.05) is 0 Å². The number of rotatable bonds is 3. The second-order valence-electron chi connectivity index (χ2n) is 4.47. The third kappa shape index (κ3) is 3.95. The molecule has 86 valence electrons. The smallest absolute Gasteiger partial charge is 0.225 e. The summed E-state index contributed by atoms with van der Waals surface area (Å²) >= 11 is 0. The maximum atomic E-state index is 11.7. The first-order valence-corrected chi connectivity index (χ1v) is 5.41. The molecule has 1 unspecified atom stereocenters. The molecule has 1 atom stereocenters. The highest BCUT2D eigenvalue weighted by molar-refractivity contribution is 6.18. The summed E-state index contributed by atoms with van der Waals surface area (Å²) in [6.07, 6.45) is 0.238. The van der Waals surface area contributed by atoms with Crippen LogP contribution in [0, 0.1) is 25.2 Å². The molecule has 1 amide bonds. The number of benzene rings is 1. The van der Waals surface area contributed by atoms with Crippen molar-refractivity contribution in [3.05, 3.63) is 34.9 Å². The van der Waals surface area contributed by atoms with E-state index in [4.69, 9.17) is 13.1 Å². The Bertz CT molecular complexity index is 475. The van der Waals surface area contributed by atoms with Crippen LogP contribution in [0.2, 0.25) is 0 Å². The van der Waals surface area contributed by atoms with Crippen molar-refractivity contribution in [2.24, 2.45) is 0 Å². The van der Waals surface area contributed by atoms with Crippen LogP contribution in [0.25, 0.3) is 0 Å². The Labute approximate surface area is 103 Å². The molecule has 3 nitrogen and oxygen atoms in total. The second-order valence-corrected chi connectivity index (χ2v) is 4.47. The quantitative estimate of drug-likeness (QED) is 0.791. The van der Waals surface area contributed by atoms with Gasteiger partial charge in [0.15, 0.2) is 0 Å². The zero-order valence-corrected chi connectivity index (χ0v) is 10.4. The Morgan fingerprint density at radius 1 is 1.53 bits per heavy atom. The lowest BCUT2D eigenvalue weighted by Crippen LogP contribution is -2.45. The first kappa shape index (κ1) is 13.3. The van der Waals surface area contributed by atoms with Gasteiger partial charge in [0.25, 0.3) is 0 Å². The molecule has 1 aromatic carbocycles. The van der Waals surface area contributed by atoms with Gasteiger partial charge in [-0.1, -0.05) is 23.8 Å². The number of hydrogen-bond acceptors (Lipinski definition) is 2. The number of carbonyl (C=O) groups is 1. The lowest BCUT2D eigenvalue weighted by atomic mass is 9.81. The zero-order chi connectivity index (χ0) is 13.1. The highest BCUT2D eigenvalue weighted by Gasteiger charge is 2.19. The van der Waals surface area contributed by atoms with Gasteiger partial charge in [0.2, 0.25) is 5.91 Å². The molecule has 0 aliphatic heterocycles. The molecular weight excluding hydrogens is 211 g/mol. The molecule has 0 aliphatic rings. The summed E-state index contributed by atoms with van der Waals surface area (Å²) in [7, 11) is 5.55. The Morgan fingerprint density at radius 2 is 2.18 bits per heavy atom. The van der Waals surface area contributed by atoms with Crippen LogP contribution in [0.5, 0.6) is 0 Å². The first-order chi connectivity index (χ1) is 7.84. The van der Waals surface area contributed by atoms with Gasteiger partial charge in [-0.2, -0.15) is 5.26 Å². The van der Waals surface area contributed by atoms with Crippen LogP contribution in [0.1, 0.15) is 23.6 Å². The van der Waals surface area contributed by atoms with Crippen molar-refractivity contribution in [1.82, 2.24) is 5.32 Å². The maximum Gasteiger partial charge on any atom is 0.225 e. The van der Waals surface area contributed by atoms with Gasteiger partial charge in [-0.3, -0.25) is 4.79 Å². The minimum absolute atomic E-state index is 0.238. The monoisotopic (exact) mass is 226 g/mol. The SMILES string of the molecule is [B]C(C)(C#N)NC(=O)Cc1cc(C)ccc1C. The van der Waals surface area contributed by atoms with Crippen molar-refractivity contribution >= 4 is 13.8 Å². The van der Waals surface area contributed by atoms with Crippen LogP contribution in [0.3, 0.4) is 0 Å². The normalized spacial score (nSPS) is 13.5. The molecule has 0 saturated heterocycles. The Hall–Kier alpha value is -1.76. The minimum Gasteiger partial charge on any atom is -0.346 e. The molecule has 1 rings (SSSR count). The van der Waals surface area contributed by atoms with E-state index in [1.165, 1.54) is 6.92 Å². The van der Waals surface area contributed by atoms with Crippen LogP contribution in [0.4, 0.5) is 0 Å². The fraction of sp³-hybridized carbons (Fsp3) is 0.385. The van der Waals surface area contributed by atoms with E-state index in [1.54, 1.807) is 0 Å². The number of aryl methyl sites for hydroxylation is 2. The van der Waals surface area contributed by atoms with Crippen molar-refractivity contribution in [1.29, 1.82) is 5.26 Å². The molecule has 4 heteroatoms. The number of carbonyl (C=O) groups excluding carboxylic acids is 1. The second kappa shape index (κ2) is 5.05. The van der Waals surface area contributed by atoms with Crippen molar-refractivity contribution < 1.29 is 4.79 Å². The van der Waals surface area contributed by atoms with Gasteiger partial charge in [0.05, 0.1) is 17.9 Å². The predicted molar refractivity (Wildman–Crippen MR) is 67.5 cm³/mol. The molecule has 0 fully saturated rings. The van der Waals surface area contributed by atoms with E-state index in [-0.39, 0.29) is 12.3 Å². The number of nitriles is 1. The van der Waals surface area contributed by atoms with Crippen LogP contribution in [-0.4, -0.2) is 19.2 Å². The van der Waals surface area contributed by atoms with Crippen molar-refractivity contribution in [2.45, 2.75) is 32.6 Å². The molecule has 1 aromatic rings. The van der Waals surface area contributed by atoms with Gasteiger partial charge >= 0.3 is 0 Å². The lowest BCUT2D eigenvalue weighted by Gasteiger charge is -2.18. The molecule has 0 bridgehead atoms. The van der Waals surface area contributed by atoms with Crippen LogP contribution < -0.4 is 5.32 Å². The average Bonchev–Trinajstić information content (AvgIpc) is 2.23. The topological polar surface area (TPSA) is 52.9 Å². The Morgan fingerprint density at radius 3 is 2.76 bits per heavy atom. The van der Waals surface area contributed by atoms with E-state index in [0.29, 0.717) is 0 Å². The van der Waals surface area contributed by atoms with Crippen LogP contribution >= 0.6 is 0 Å². The molecule has 0 spiro atoms. The summed E-state index contributed by atoms with van der Waals surface area (Å²) in [6, 6.07) is 7.77. The highest BCUT2D eigenvalue weighted by atomic mass is 16.1. The predicted octanol–water partition coefficient (Wildman–Crippen LogP) is 1.37. The van der Waals surface area contributed by atoms with Gasteiger partial charge < -0.3 is 5.32 Å². The van der Waals surface area contributed by atoms with Gasteiger partial charge in [0, 0.05) is 0 Å². The minimum atomic E-state index is -1.31. The van der Waals surface area contributed by atoms with E-state index < -0.39 is 5.44 Å². The summed E-state index contributed by atoms with van der Waals surface area (Å²) in [4.78, 5) is 11.7. The summed E-state index contributed by atoms with van der Waals surface area (Å²) in [5.41, 5.74) is 1.81. The number of nitrogens with zero attached hydrogens (tertiary/aromatic N) is 1. The fourth-order valence-corrected chi connectivity index (χ4v) is 1.53.